The smallest absolute Gasteiger partial charge is 0.268 e. The molecule has 4 nitrogen and oxygen atoms in total. The van der Waals surface area contributed by atoms with E-state index in [2.05, 4.69) is 42.8 Å². The summed E-state index contributed by atoms with van der Waals surface area (Å²) in [5.74, 6) is 0.690. The predicted molar refractivity (Wildman–Crippen MR) is 103 cm³/mol. The van der Waals surface area contributed by atoms with E-state index in [1.165, 1.54) is 16.7 Å². The third-order valence-corrected chi connectivity index (χ3v) is 5.08. The van der Waals surface area contributed by atoms with Gasteiger partial charge in [0.05, 0.1) is 12.8 Å². The highest BCUT2D eigenvalue weighted by Crippen LogP contribution is 2.25. The highest BCUT2D eigenvalue weighted by molar-refractivity contribution is 5.95. The molecule has 2 heterocycles. The standard InChI is InChI=1S/C22H26N2O2/c1-5-20-16(3)21(22(25)23-13-19-11-8-12-26-19)24(17(20)4)14-18-10-7-6-9-15(18)2/h6-12H,5,13-14H2,1-4H3,(H,23,25). The van der Waals surface area contributed by atoms with Crippen LogP contribution in [0.5, 0.6) is 0 Å². The SMILES string of the molecule is CCc1c(C)c(C(=O)NCc2ccco2)n(Cc2ccccc2C)c1C. The second-order valence-electron chi connectivity index (χ2n) is 6.67. The number of hydrogen-bond acceptors (Lipinski definition) is 2. The van der Waals surface area contributed by atoms with Gasteiger partial charge in [-0.2, -0.15) is 0 Å². The van der Waals surface area contributed by atoms with Crippen LogP contribution in [-0.2, 0) is 19.5 Å². The summed E-state index contributed by atoms with van der Waals surface area (Å²) in [5.41, 5.74) is 6.69. The molecule has 0 saturated heterocycles. The molecular weight excluding hydrogens is 324 g/mol. The number of nitrogens with one attached hydrogen (secondary N) is 1. The van der Waals surface area contributed by atoms with Gasteiger partial charge in [0.25, 0.3) is 5.91 Å². The number of benzene rings is 1. The molecule has 4 heteroatoms. The number of furan rings is 1. The van der Waals surface area contributed by atoms with E-state index in [9.17, 15) is 4.79 Å². The van der Waals surface area contributed by atoms with Crippen molar-refractivity contribution in [2.45, 2.75) is 47.2 Å². The average molecular weight is 350 g/mol. The molecule has 0 radical (unpaired) electrons. The first-order valence-corrected chi connectivity index (χ1v) is 9.06. The van der Waals surface area contributed by atoms with Crippen LogP contribution >= 0.6 is 0 Å². The maximum atomic E-state index is 13.0. The lowest BCUT2D eigenvalue weighted by Crippen LogP contribution is -2.26. The van der Waals surface area contributed by atoms with Gasteiger partial charge in [0, 0.05) is 12.2 Å². The van der Waals surface area contributed by atoms with Gasteiger partial charge in [-0.3, -0.25) is 4.79 Å². The monoisotopic (exact) mass is 350 g/mol. The molecular formula is C22H26N2O2. The minimum atomic E-state index is -0.0599. The fraction of sp³-hybridized carbons (Fsp3) is 0.318. The predicted octanol–water partition coefficient (Wildman–Crippen LogP) is 4.55. The summed E-state index contributed by atoms with van der Waals surface area (Å²) in [7, 11) is 0. The Labute approximate surface area is 154 Å². The topological polar surface area (TPSA) is 47.2 Å². The summed E-state index contributed by atoms with van der Waals surface area (Å²) in [5, 5.41) is 2.99. The highest BCUT2D eigenvalue weighted by atomic mass is 16.3. The van der Waals surface area contributed by atoms with Crippen molar-refractivity contribution >= 4 is 5.91 Å². The van der Waals surface area contributed by atoms with Gasteiger partial charge in [0.2, 0.25) is 0 Å². The van der Waals surface area contributed by atoms with Crippen LogP contribution < -0.4 is 5.32 Å². The van der Waals surface area contributed by atoms with Gasteiger partial charge < -0.3 is 14.3 Å². The molecule has 0 spiro atoms. The number of hydrogen-bond donors (Lipinski definition) is 1. The van der Waals surface area contributed by atoms with Crippen LogP contribution in [0.2, 0.25) is 0 Å². The van der Waals surface area contributed by atoms with Crippen molar-refractivity contribution in [3.63, 3.8) is 0 Å². The van der Waals surface area contributed by atoms with Crippen molar-refractivity contribution in [1.82, 2.24) is 9.88 Å². The number of aromatic nitrogens is 1. The van der Waals surface area contributed by atoms with Crippen LogP contribution in [0.4, 0.5) is 0 Å². The van der Waals surface area contributed by atoms with E-state index in [1.807, 2.05) is 31.2 Å². The Morgan fingerprint density at radius 1 is 1.12 bits per heavy atom. The first-order valence-electron chi connectivity index (χ1n) is 9.06. The number of carbonyl (C=O) groups excluding carboxylic acids is 1. The van der Waals surface area contributed by atoms with Crippen LogP contribution in [0.1, 0.15) is 51.1 Å². The van der Waals surface area contributed by atoms with Crippen molar-refractivity contribution in [2.24, 2.45) is 0 Å². The van der Waals surface area contributed by atoms with Crippen LogP contribution in [-0.4, -0.2) is 10.5 Å². The maximum Gasteiger partial charge on any atom is 0.268 e. The molecule has 0 saturated carbocycles. The van der Waals surface area contributed by atoms with Gasteiger partial charge in [0.1, 0.15) is 11.5 Å². The molecule has 3 aromatic rings. The minimum absolute atomic E-state index is 0.0599. The zero-order valence-corrected chi connectivity index (χ0v) is 15.9. The van der Waals surface area contributed by atoms with E-state index in [4.69, 9.17) is 4.42 Å². The second kappa shape index (κ2) is 7.65. The van der Waals surface area contributed by atoms with Crippen molar-refractivity contribution in [3.8, 4) is 0 Å². The summed E-state index contributed by atoms with van der Waals surface area (Å²) in [6.07, 6.45) is 2.53. The van der Waals surface area contributed by atoms with Gasteiger partial charge >= 0.3 is 0 Å². The van der Waals surface area contributed by atoms with E-state index in [1.54, 1.807) is 6.26 Å². The summed E-state index contributed by atoms with van der Waals surface area (Å²) in [6, 6.07) is 12.0. The summed E-state index contributed by atoms with van der Waals surface area (Å²) in [4.78, 5) is 13.0. The van der Waals surface area contributed by atoms with Crippen LogP contribution in [0.3, 0.4) is 0 Å². The van der Waals surface area contributed by atoms with Crippen molar-refractivity contribution in [2.75, 3.05) is 0 Å². The maximum absolute atomic E-state index is 13.0. The largest absolute Gasteiger partial charge is 0.467 e. The van der Waals surface area contributed by atoms with Gasteiger partial charge in [-0.05, 0) is 61.6 Å². The minimum Gasteiger partial charge on any atom is -0.467 e. The Morgan fingerprint density at radius 3 is 2.54 bits per heavy atom. The molecule has 0 aliphatic rings. The van der Waals surface area contributed by atoms with Gasteiger partial charge in [0.15, 0.2) is 0 Å². The molecule has 0 fully saturated rings. The molecule has 3 rings (SSSR count). The third-order valence-electron chi connectivity index (χ3n) is 5.08. The number of carbonyl (C=O) groups is 1. The van der Waals surface area contributed by atoms with Crippen molar-refractivity contribution in [1.29, 1.82) is 0 Å². The quantitative estimate of drug-likeness (QED) is 0.709. The second-order valence-corrected chi connectivity index (χ2v) is 6.67. The van der Waals surface area contributed by atoms with Gasteiger partial charge in [-0.1, -0.05) is 31.2 Å². The highest BCUT2D eigenvalue weighted by Gasteiger charge is 2.22. The third kappa shape index (κ3) is 3.45. The zero-order chi connectivity index (χ0) is 18.7. The molecule has 1 aromatic carbocycles. The number of aryl methyl sites for hydroxylation is 1. The molecule has 26 heavy (non-hydrogen) atoms. The lowest BCUT2D eigenvalue weighted by atomic mass is 10.1. The summed E-state index contributed by atoms with van der Waals surface area (Å²) < 4.78 is 7.47. The summed E-state index contributed by atoms with van der Waals surface area (Å²) >= 11 is 0. The molecule has 0 atom stereocenters. The molecule has 2 aromatic heterocycles. The van der Waals surface area contributed by atoms with Crippen LogP contribution in [0, 0.1) is 20.8 Å². The molecule has 0 unspecified atom stereocenters. The van der Waals surface area contributed by atoms with Gasteiger partial charge in [-0.25, -0.2) is 0 Å². The molecule has 0 aliphatic carbocycles. The van der Waals surface area contributed by atoms with Gasteiger partial charge in [-0.15, -0.1) is 0 Å². The zero-order valence-electron chi connectivity index (χ0n) is 15.9. The van der Waals surface area contributed by atoms with E-state index in [-0.39, 0.29) is 5.91 Å². The Morgan fingerprint density at radius 2 is 1.88 bits per heavy atom. The molecule has 1 N–H and O–H groups in total. The molecule has 136 valence electrons. The fourth-order valence-corrected chi connectivity index (χ4v) is 3.58. The Balaban J connectivity index is 1.95. The van der Waals surface area contributed by atoms with Crippen LogP contribution in [0.15, 0.2) is 47.1 Å². The molecule has 0 bridgehead atoms. The van der Waals surface area contributed by atoms with Crippen molar-refractivity contribution in [3.05, 3.63) is 82.1 Å². The first kappa shape index (κ1) is 18.1. The van der Waals surface area contributed by atoms with E-state index < -0.39 is 0 Å². The first-order chi connectivity index (χ1) is 12.5. The number of nitrogens with zero attached hydrogens (tertiary/aromatic N) is 1. The Bertz CT molecular complexity index is 905. The Hall–Kier alpha value is -2.75. The average Bonchev–Trinajstić information content (AvgIpc) is 3.22. The number of amides is 1. The Kier molecular flexibility index (Phi) is 5.31. The number of rotatable bonds is 6. The summed E-state index contributed by atoms with van der Waals surface area (Å²) in [6.45, 7) is 9.48. The fourth-order valence-electron chi connectivity index (χ4n) is 3.58. The van der Waals surface area contributed by atoms with E-state index in [0.717, 1.165) is 29.1 Å². The normalized spacial score (nSPS) is 10.9. The van der Waals surface area contributed by atoms with Crippen molar-refractivity contribution < 1.29 is 9.21 Å². The van der Waals surface area contributed by atoms with E-state index in [0.29, 0.717) is 13.1 Å². The lowest BCUT2D eigenvalue weighted by Gasteiger charge is -2.14. The molecule has 1 amide bonds. The lowest BCUT2D eigenvalue weighted by molar-refractivity contribution is 0.0938. The molecule has 0 aliphatic heterocycles. The van der Waals surface area contributed by atoms with Crippen LogP contribution in [0.25, 0.3) is 0 Å². The van der Waals surface area contributed by atoms with E-state index >= 15 is 0 Å².